The Bertz CT molecular complexity index is 397. The molecule has 1 aliphatic rings. The van der Waals surface area contributed by atoms with Crippen molar-refractivity contribution in [1.82, 2.24) is 0 Å². The fourth-order valence-electron chi connectivity index (χ4n) is 2.75. The molecule has 1 aromatic rings. The van der Waals surface area contributed by atoms with Gasteiger partial charge in [-0.05, 0) is 43.4 Å². The Morgan fingerprint density at radius 2 is 2.11 bits per heavy atom. The van der Waals surface area contributed by atoms with Crippen LogP contribution in [0.15, 0.2) is 24.3 Å². The first-order chi connectivity index (χ1) is 9.24. The summed E-state index contributed by atoms with van der Waals surface area (Å²) in [5, 5.41) is 22.9. The number of hydrogen-bond donors (Lipinski definition) is 4. The van der Waals surface area contributed by atoms with E-state index in [1.807, 2.05) is 18.2 Å². The molecule has 0 aliphatic carbocycles. The van der Waals surface area contributed by atoms with Crippen molar-refractivity contribution in [2.45, 2.75) is 37.8 Å². The number of aliphatic hydroxyl groups is 2. The lowest BCUT2D eigenvalue weighted by atomic mass is 9.89. The van der Waals surface area contributed by atoms with Gasteiger partial charge in [0.25, 0.3) is 0 Å². The first kappa shape index (κ1) is 14.3. The summed E-state index contributed by atoms with van der Waals surface area (Å²) in [5.41, 5.74) is 7.82. The molecule has 2 rings (SSSR count). The molecule has 0 saturated heterocycles. The molecule has 0 radical (unpaired) electrons. The Labute approximate surface area is 114 Å². The minimum absolute atomic E-state index is 0.0710. The Morgan fingerprint density at radius 3 is 2.84 bits per heavy atom. The van der Waals surface area contributed by atoms with E-state index in [2.05, 4.69) is 11.4 Å². The van der Waals surface area contributed by atoms with Gasteiger partial charge in [0.2, 0.25) is 0 Å². The summed E-state index contributed by atoms with van der Waals surface area (Å²) in [7, 11) is 0. The number of hydrogen-bond acceptors (Lipinski definition) is 4. The summed E-state index contributed by atoms with van der Waals surface area (Å²) in [5.74, 6) is 0.246. The second-order valence-electron chi connectivity index (χ2n) is 5.38. The van der Waals surface area contributed by atoms with Crippen molar-refractivity contribution in [3.05, 3.63) is 29.8 Å². The third kappa shape index (κ3) is 3.69. The fraction of sp³-hybridized carbons (Fsp3) is 0.600. The van der Waals surface area contributed by atoms with E-state index >= 15 is 0 Å². The van der Waals surface area contributed by atoms with Crippen LogP contribution in [0.2, 0.25) is 0 Å². The number of nitrogens with two attached hydrogens (primary N) is 1. The molecule has 1 aromatic carbocycles. The normalized spacial score (nSPS) is 23.5. The van der Waals surface area contributed by atoms with Gasteiger partial charge in [-0.3, -0.25) is 0 Å². The van der Waals surface area contributed by atoms with Crippen LogP contribution < -0.4 is 11.1 Å². The van der Waals surface area contributed by atoms with Gasteiger partial charge in [0, 0.05) is 18.7 Å². The zero-order chi connectivity index (χ0) is 13.7. The zero-order valence-corrected chi connectivity index (χ0v) is 11.3. The highest BCUT2D eigenvalue weighted by atomic mass is 16.3. The molecule has 0 aromatic heterocycles. The number of para-hydroxylation sites is 1. The van der Waals surface area contributed by atoms with Crippen LogP contribution in [0.25, 0.3) is 0 Å². The predicted molar refractivity (Wildman–Crippen MR) is 77.0 cm³/mol. The van der Waals surface area contributed by atoms with Crippen molar-refractivity contribution >= 4 is 5.69 Å². The van der Waals surface area contributed by atoms with Gasteiger partial charge >= 0.3 is 0 Å². The van der Waals surface area contributed by atoms with Crippen LogP contribution in [0.3, 0.4) is 0 Å². The maximum atomic E-state index is 10.2. The number of anilines is 1. The van der Waals surface area contributed by atoms with E-state index in [4.69, 9.17) is 5.73 Å². The van der Waals surface area contributed by atoms with E-state index in [9.17, 15) is 10.2 Å². The summed E-state index contributed by atoms with van der Waals surface area (Å²) in [6.07, 6.45) is 2.95. The van der Waals surface area contributed by atoms with E-state index in [0.717, 1.165) is 24.9 Å². The van der Waals surface area contributed by atoms with Crippen molar-refractivity contribution in [2.24, 2.45) is 11.7 Å². The molecule has 3 atom stereocenters. The smallest absolute Gasteiger partial charge is 0.0782 e. The lowest BCUT2D eigenvalue weighted by Gasteiger charge is -2.32. The van der Waals surface area contributed by atoms with E-state index in [-0.39, 0.29) is 24.7 Å². The number of nitrogens with one attached hydrogen (secondary N) is 1. The lowest BCUT2D eigenvalue weighted by molar-refractivity contribution is 0.135. The molecule has 0 amide bonds. The highest BCUT2D eigenvalue weighted by Gasteiger charge is 2.26. The summed E-state index contributed by atoms with van der Waals surface area (Å²) >= 11 is 0. The van der Waals surface area contributed by atoms with Crippen LogP contribution in [0.4, 0.5) is 5.69 Å². The second kappa shape index (κ2) is 6.89. The Hall–Kier alpha value is -1.10. The molecule has 0 bridgehead atoms. The molecule has 0 saturated carbocycles. The van der Waals surface area contributed by atoms with Gasteiger partial charge in [-0.25, -0.2) is 0 Å². The lowest BCUT2D eigenvalue weighted by Crippen LogP contribution is -2.39. The van der Waals surface area contributed by atoms with Gasteiger partial charge in [-0.1, -0.05) is 18.2 Å². The SMILES string of the molecule is NCC[C@@H](CO)CCC1Nc2ccccc2CC1O. The van der Waals surface area contributed by atoms with Crippen LogP contribution in [-0.4, -0.2) is 35.5 Å². The van der Waals surface area contributed by atoms with Crippen molar-refractivity contribution < 1.29 is 10.2 Å². The van der Waals surface area contributed by atoms with E-state index < -0.39 is 0 Å². The molecule has 0 fully saturated rings. The first-order valence-electron chi connectivity index (χ1n) is 7.08. The molecular weight excluding hydrogens is 240 g/mol. The van der Waals surface area contributed by atoms with Crippen LogP contribution in [0.1, 0.15) is 24.8 Å². The molecule has 2 unspecified atom stereocenters. The van der Waals surface area contributed by atoms with Crippen molar-refractivity contribution in [2.75, 3.05) is 18.5 Å². The second-order valence-corrected chi connectivity index (χ2v) is 5.38. The van der Waals surface area contributed by atoms with Crippen molar-refractivity contribution in [3.8, 4) is 0 Å². The maximum absolute atomic E-state index is 10.2. The average molecular weight is 264 g/mol. The van der Waals surface area contributed by atoms with Gasteiger partial charge in [0.15, 0.2) is 0 Å². The number of rotatable bonds is 6. The molecule has 4 heteroatoms. The molecule has 0 spiro atoms. The summed E-state index contributed by atoms with van der Waals surface area (Å²) in [6.45, 7) is 0.783. The first-order valence-corrected chi connectivity index (χ1v) is 7.08. The van der Waals surface area contributed by atoms with Crippen LogP contribution in [0, 0.1) is 5.92 Å². The summed E-state index contributed by atoms with van der Waals surface area (Å²) in [4.78, 5) is 0. The molecule has 4 nitrogen and oxygen atoms in total. The summed E-state index contributed by atoms with van der Waals surface area (Å²) in [6, 6.07) is 8.17. The quantitative estimate of drug-likeness (QED) is 0.621. The van der Waals surface area contributed by atoms with Gasteiger partial charge in [0.05, 0.1) is 12.1 Å². The molecule has 19 heavy (non-hydrogen) atoms. The summed E-state index contributed by atoms with van der Waals surface area (Å²) < 4.78 is 0. The molecular formula is C15H24N2O2. The van der Waals surface area contributed by atoms with Gasteiger partial charge in [-0.2, -0.15) is 0 Å². The molecule has 1 aliphatic heterocycles. The number of benzene rings is 1. The van der Waals surface area contributed by atoms with Crippen molar-refractivity contribution in [3.63, 3.8) is 0 Å². The van der Waals surface area contributed by atoms with Gasteiger partial charge in [0.1, 0.15) is 0 Å². The third-order valence-corrected chi connectivity index (χ3v) is 3.97. The third-order valence-electron chi connectivity index (χ3n) is 3.97. The average Bonchev–Trinajstić information content (AvgIpc) is 2.43. The van der Waals surface area contributed by atoms with Crippen molar-refractivity contribution in [1.29, 1.82) is 0 Å². The topological polar surface area (TPSA) is 78.5 Å². The highest BCUT2D eigenvalue weighted by Crippen LogP contribution is 2.27. The highest BCUT2D eigenvalue weighted by molar-refractivity contribution is 5.54. The van der Waals surface area contributed by atoms with Crippen LogP contribution >= 0.6 is 0 Å². The monoisotopic (exact) mass is 264 g/mol. The van der Waals surface area contributed by atoms with E-state index in [0.29, 0.717) is 13.0 Å². The van der Waals surface area contributed by atoms with Gasteiger partial charge in [-0.15, -0.1) is 0 Å². The predicted octanol–water partition coefficient (Wildman–Crippen LogP) is 1.12. The largest absolute Gasteiger partial charge is 0.396 e. The van der Waals surface area contributed by atoms with Crippen LogP contribution in [0.5, 0.6) is 0 Å². The Morgan fingerprint density at radius 1 is 1.32 bits per heavy atom. The van der Waals surface area contributed by atoms with E-state index in [1.165, 1.54) is 5.56 Å². The molecule has 5 N–H and O–H groups in total. The Balaban J connectivity index is 1.91. The number of aliphatic hydroxyl groups excluding tert-OH is 2. The van der Waals surface area contributed by atoms with Crippen LogP contribution in [-0.2, 0) is 6.42 Å². The zero-order valence-electron chi connectivity index (χ0n) is 11.3. The minimum atomic E-state index is -0.355. The Kier molecular flexibility index (Phi) is 5.19. The molecule has 106 valence electrons. The minimum Gasteiger partial charge on any atom is -0.396 e. The van der Waals surface area contributed by atoms with Gasteiger partial charge < -0.3 is 21.3 Å². The fourth-order valence-corrected chi connectivity index (χ4v) is 2.75. The standard InChI is InChI=1S/C15H24N2O2/c16-8-7-11(10-18)5-6-14-15(19)9-12-3-1-2-4-13(12)17-14/h1-4,11,14-15,17-19H,5-10,16H2/t11-,14?,15?/m0/s1. The molecule has 1 heterocycles. The number of fused-ring (bicyclic) bond motifs is 1. The van der Waals surface area contributed by atoms with E-state index in [1.54, 1.807) is 0 Å². The maximum Gasteiger partial charge on any atom is 0.0782 e.